The standard InChI is InChI=1S/C17H30BNO6/c1-15(2,3)23-14(21)19-9-11(13(20)22-8)12(10-19)18-24-16(4,5)17(6,7)25-18/h11-12H,9-10H2,1-8H3/t11-,12-/m1/s1. The second-order valence-electron chi connectivity index (χ2n) is 8.80. The Balaban J connectivity index is 2.18. The Hall–Kier alpha value is -1.28. The van der Waals surface area contributed by atoms with Crippen LogP contribution < -0.4 is 0 Å². The summed E-state index contributed by atoms with van der Waals surface area (Å²) in [6.45, 7) is 13.8. The molecule has 0 spiro atoms. The molecule has 2 aliphatic rings. The lowest BCUT2D eigenvalue weighted by atomic mass is 9.66. The van der Waals surface area contributed by atoms with Crippen molar-refractivity contribution in [1.29, 1.82) is 0 Å². The molecule has 0 aromatic heterocycles. The van der Waals surface area contributed by atoms with Crippen LogP contribution in [-0.2, 0) is 23.6 Å². The minimum Gasteiger partial charge on any atom is -0.469 e. The van der Waals surface area contributed by atoms with Gasteiger partial charge in [0, 0.05) is 18.9 Å². The molecule has 2 heterocycles. The van der Waals surface area contributed by atoms with E-state index < -0.39 is 35.9 Å². The van der Waals surface area contributed by atoms with E-state index in [9.17, 15) is 9.59 Å². The molecule has 142 valence electrons. The maximum Gasteiger partial charge on any atom is 0.463 e. The van der Waals surface area contributed by atoms with E-state index in [4.69, 9.17) is 18.8 Å². The molecule has 0 radical (unpaired) electrons. The third-order valence-electron chi connectivity index (χ3n) is 5.14. The summed E-state index contributed by atoms with van der Waals surface area (Å²) in [5.74, 6) is -1.18. The summed E-state index contributed by atoms with van der Waals surface area (Å²) in [6.07, 6.45) is -0.444. The van der Waals surface area contributed by atoms with Gasteiger partial charge in [-0.05, 0) is 48.5 Å². The molecule has 2 rings (SSSR count). The van der Waals surface area contributed by atoms with Crippen molar-refractivity contribution in [2.75, 3.05) is 20.2 Å². The van der Waals surface area contributed by atoms with Crippen molar-refractivity contribution in [2.24, 2.45) is 5.92 Å². The number of methoxy groups -OCH3 is 1. The predicted molar refractivity (Wildman–Crippen MR) is 93.1 cm³/mol. The molecule has 0 saturated carbocycles. The molecule has 2 saturated heterocycles. The highest BCUT2D eigenvalue weighted by molar-refractivity contribution is 6.48. The molecular weight excluding hydrogens is 325 g/mol. The van der Waals surface area contributed by atoms with Gasteiger partial charge in [-0.3, -0.25) is 4.79 Å². The van der Waals surface area contributed by atoms with Crippen LogP contribution in [0.15, 0.2) is 0 Å². The monoisotopic (exact) mass is 355 g/mol. The number of esters is 1. The predicted octanol–water partition coefficient (Wildman–Crippen LogP) is 2.49. The molecule has 8 heteroatoms. The van der Waals surface area contributed by atoms with Crippen molar-refractivity contribution in [3.63, 3.8) is 0 Å². The summed E-state index contributed by atoms with van der Waals surface area (Å²) < 4.78 is 22.5. The van der Waals surface area contributed by atoms with E-state index in [2.05, 4.69) is 0 Å². The van der Waals surface area contributed by atoms with Crippen molar-refractivity contribution < 1.29 is 28.4 Å². The molecule has 25 heavy (non-hydrogen) atoms. The first kappa shape index (κ1) is 20.0. The highest BCUT2D eigenvalue weighted by atomic mass is 16.7. The molecule has 2 fully saturated rings. The Labute approximate surface area is 150 Å². The fourth-order valence-electron chi connectivity index (χ4n) is 3.04. The first-order valence-corrected chi connectivity index (χ1v) is 8.69. The number of carbonyl (C=O) groups excluding carboxylic acids is 2. The Morgan fingerprint density at radius 1 is 1.08 bits per heavy atom. The van der Waals surface area contributed by atoms with Crippen molar-refractivity contribution in [2.45, 2.75) is 71.1 Å². The Kier molecular flexibility index (Phi) is 5.18. The molecule has 0 aromatic carbocycles. The normalized spacial score (nSPS) is 28.2. The number of nitrogens with zero attached hydrogens (tertiary/aromatic N) is 1. The van der Waals surface area contributed by atoms with Crippen LogP contribution in [0.3, 0.4) is 0 Å². The van der Waals surface area contributed by atoms with Crippen molar-refractivity contribution >= 4 is 19.2 Å². The molecule has 0 unspecified atom stereocenters. The van der Waals surface area contributed by atoms with Crippen LogP contribution in [0.1, 0.15) is 48.5 Å². The van der Waals surface area contributed by atoms with E-state index in [-0.39, 0.29) is 18.3 Å². The summed E-state index contributed by atoms with van der Waals surface area (Å²) in [5.41, 5.74) is -1.60. The molecule has 0 aromatic rings. The minimum absolute atomic E-state index is 0.232. The first-order valence-electron chi connectivity index (χ1n) is 8.69. The summed E-state index contributed by atoms with van der Waals surface area (Å²) >= 11 is 0. The fourth-order valence-corrected chi connectivity index (χ4v) is 3.04. The van der Waals surface area contributed by atoms with E-state index in [1.54, 1.807) is 0 Å². The molecule has 2 atom stereocenters. The van der Waals surface area contributed by atoms with Gasteiger partial charge in [-0.15, -0.1) is 0 Å². The number of ether oxygens (including phenoxy) is 2. The molecule has 0 aliphatic carbocycles. The zero-order valence-electron chi connectivity index (χ0n) is 16.5. The highest BCUT2D eigenvalue weighted by Crippen LogP contribution is 2.44. The van der Waals surface area contributed by atoms with Gasteiger partial charge in [-0.1, -0.05) is 0 Å². The van der Waals surface area contributed by atoms with Gasteiger partial charge in [-0.2, -0.15) is 0 Å². The minimum atomic E-state index is -0.597. The van der Waals surface area contributed by atoms with Crippen molar-refractivity contribution in [1.82, 2.24) is 4.90 Å². The lowest BCUT2D eigenvalue weighted by Gasteiger charge is -2.32. The number of hydrogen-bond acceptors (Lipinski definition) is 6. The maximum atomic E-state index is 12.4. The third kappa shape index (κ3) is 4.11. The third-order valence-corrected chi connectivity index (χ3v) is 5.14. The Bertz CT molecular complexity index is 526. The summed E-state index contributed by atoms with van der Waals surface area (Å²) in [6, 6.07) is 0. The van der Waals surface area contributed by atoms with Crippen LogP contribution in [0.4, 0.5) is 4.79 Å². The number of rotatable bonds is 2. The lowest BCUT2D eigenvalue weighted by Crippen LogP contribution is -2.41. The van der Waals surface area contributed by atoms with E-state index in [0.29, 0.717) is 6.54 Å². The topological polar surface area (TPSA) is 74.3 Å². The Morgan fingerprint density at radius 2 is 1.60 bits per heavy atom. The van der Waals surface area contributed by atoms with Crippen LogP contribution in [0, 0.1) is 5.92 Å². The summed E-state index contributed by atoms with van der Waals surface area (Å²) in [7, 11) is 0.765. The molecule has 1 amide bonds. The first-order chi connectivity index (χ1) is 11.3. The second kappa shape index (κ2) is 6.47. The SMILES string of the molecule is COC(=O)[C@@H]1CN(C(=O)OC(C)(C)C)C[C@H]1B1OC(C)(C)C(C)(C)O1. The van der Waals surface area contributed by atoms with Crippen molar-refractivity contribution in [3.05, 3.63) is 0 Å². The lowest BCUT2D eigenvalue weighted by molar-refractivity contribution is -0.145. The second-order valence-corrected chi connectivity index (χ2v) is 8.80. The van der Waals surface area contributed by atoms with Gasteiger partial charge >= 0.3 is 19.2 Å². The van der Waals surface area contributed by atoms with E-state index in [1.165, 1.54) is 12.0 Å². The zero-order chi connectivity index (χ0) is 19.2. The van der Waals surface area contributed by atoms with Crippen LogP contribution >= 0.6 is 0 Å². The Morgan fingerprint density at radius 3 is 2.04 bits per heavy atom. The average Bonchev–Trinajstić information content (AvgIpc) is 2.96. The van der Waals surface area contributed by atoms with Gasteiger partial charge in [-0.25, -0.2) is 4.79 Å². The molecular formula is C17H30BNO6. The van der Waals surface area contributed by atoms with Crippen LogP contribution in [0.2, 0.25) is 5.82 Å². The van der Waals surface area contributed by atoms with E-state index in [1.807, 2.05) is 48.5 Å². The number of amides is 1. The average molecular weight is 355 g/mol. The van der Waals surface area contributed by atoms with Crippen LogP contribution in [-0.4, -0.2) is 61.1 Å². The quantitative estimate of drug-likeness (QED) is 0.560. The molecule has 2 aliphatic heterocycles. The largest absolute Gasteiger partial charge is 0.469 e. The van der Waals surface area contributed by atoms with Gasteiger partial charge < -0.3 is 23.7 Å². The number of carbonyl (C=O) groups is 2. The van der Waals surface area contributed by atoms with Gasteiger partial charge in [0.15, 0.2) is 0 Å². The number of hydrogen-bond donors (Lipinski definition) is 0. The molecule has 0 N–H and O–H groups in total. The van der Waals surface area contributed by atoms with Gasteiger partial charge in [0.2, 0.25) is 0 Å². The summed E-state index contributed by atoms with van der Waals surface area (Å²) in [4.78, 5) is 26.2. The summed E-state index contributed by atoms with van der Waals surface area (Å²) in [5, 5.41) is 0. The maximum absolute atomic E-state index is 12.4. The van der Waals surface area contributed by atoms with Crippen LogP contribution in [0.25, 0.3) is 0 Å². The fraction of sp³-hybridized carbons (Fsp3) is 0.882. The van der Waals surface area contributed by atoms with E-state index >= 15 is 0 Å². The molecule has 7 nitrogen and oxygen atoms in total. The van der Waals surface area contributed by atoms with Gasteiger partial charge in [0.25, 0.3) is 0 Å². The number of likely N-dealkylation sites (tertiary alicyclic amines) is 1. The van der Waals surface area contributed by atoms with E-state index in [0.717, 1.165) is 0 Å². The highest BCUT2D eigenvalue weighted by Gasteiger charge is 2.58. The molecule has 0 bridgehead atoms. The van der Waals surface area contributed by atoms with Crippen LogP contribution in [0.5, 0.6) is 0 Å². The zero-order valence-corrected chi connectivity index (χ0v) is 16.5. The van der Waals surface area contributed by atoms with Gasteiger partial charge in [0.1, 0.15) is 5.60 Å². The van der Waals surface area contributed by atoms with Gasteiger partial charge in [0.05, 0.1) is 24.2 Å². The van der Waals surface area contributed by atoms with Crippen molar-refractivity contribution in [3.8, 4) is 0 Å². The smallest absolute Gasteiger partial charge is 0.463 e.